The molecule has 17 heavy (non-hydrogen) atoms. The highest BCUT2D eigenvalue weighted by Gasteiger charge is 2.10. The Hall–Kier alpha value is -1.26. The monoisotopic (exact) mass is 247 g/mol. The normalized spacial score (nSPS) is 11.7. The number of nitrogens with one attached hydrogen (secondary N) is 1. The number of nitrogens with zero attached hydrogens (tertiary/aromatic N) is 2. The van der Waals surface area contributed by atoms with Crippen LogP contribution in [0.15, 0.2) is 30.6 Å². The molecule has 0 saturated heterocycles. The van der Waals surface area contributed by atoms with Gasteiger partial charge in [-0.2, -0.15) is 0 Å². The van der Waals surface area contributed by atoms with Crippen LogP contribution in [0.25, 0.3) is 10.7 Å². The second kappa shape index (κ2) is 4.94. The smallest absolute Gasteiger partial charge is 0.142 e. The Morgan fingerprint density at radius 3 is 2.71 bits per heavy atom. The second-order valence-corrected chi connectivity index (χ2v) is 6.07. The molecule has 2 aromatic rings. The van der Waals surface area contributed by atoms with E-state index < -0.39 is 0 Å². The molecular weight excluding hydrogens is 230 g/mol. The van der Waals surface area contributed by atoms with Gasteiger partial charge >= 0.3 is 0 Å². The van der Waals surface area contributed by atoms with E-state index in [0.717, 1.165) is 17.2 Å². The van der Waals surface area contributed by atoms with Crippen LogP contribution in [-0.2, 0) is 6.54 Å². The van der Waals surface area contributed by atoms with E-state index in [1.54, 1.807) is 17.5 Å². The van der Waals surface area contributed by atoms with Crippen molar-refractivity contribution >= 4 is 11.3 Å². The van der Waals surface area contributed by atoms with Crippen LogP contribution < -0.4 is 5.32 Å². The van der Waals surface area contributed by atoms with Crippen LogP contribution in [0.5, 0.6) is 0 Å². The molecule has 0 aliphatic carbocycles. The standard InChI is InChI=1S/C13H17N3S/c1-13(2,3)16-9-10-8-15-12(17-10)11-6-4-5-7-14-11/h4-8,16H,9H2,1-3H3. The first-order chi connectivity index (χ1) is 8.04. The van der Waals surface area contributed by atoms with Crippen molar-refractivity contribution in [2.24, 2.45) is 0 Å². The zero-order chi connectivity index (χ0) is 12.3. The predicted molar refractivity (Wildman–Crippen MR) is 71.9 cm³/mol. The number of hydrogen-bond acceptors (Lipinski definition) is 4. The van der Waals surface area contributed by atoms with E-state index in [0.29, 0.717) is 0 Å². The van der Waals surface area contributed by atoms with E-state index in [1.165, 1.54) is 4.88 Å². The Morgan fingerprint density at radius 1 is 1.24 bits per heavy atom. The van der Waals surface area contributed by atoms with Crippen LogP contribution in [0, 0.1) is 0 Å². The Labute approximate surface area is 106 Å². The van der Waals surface area contributed by atoms with Crippen LogP contribution >= 0.6 is 11.3 Å². The molecule has 0 atom stereocenters. The minimum Gasteiger partial charge on any atom is -0.307 e. The Kier molecular flexibility index (Phi) is 3.54. The van der Waals surface area contributed by atoms with Gasteiger partial charge in [-0.15, -0.1) is 11.3 Å². The van der Waals surface area contributed by atoms with Crippen molar-refractivity contribution < 1.29 is 0 Å². The molecule has 0 spiro atoms. The summed E-state index contributed by atoms with van der Waals surface area (Å²) in [6.07, 6.45) is 3.72. The maximum atomic E-state index is 4.40. The highest BCUT2D eigenvalue weighted by atomic mass is 32.1. The summed E-state index contributed by atoms with van der Waals surface area (Å²) >= 11 is 1.69. The van der Waals surface area contributed by atoms with E-state index in [2.05, 4.69) is 36.1 Å². The van der Waals surface area contributed by atoms with Gasteiger partial charge < -0.3 is 5.32 Å². The van der Waals surface area contributed by atoms with Gasteiger partial charge in [0.15, 0.2) is 0 Å². The molecule has 0 aromatic carbocycles. The molecule has 0 aliphatic heterocycles. The molecule has 2 heterocycles. The molecule has 3 nitrogen and oxygen atoms in total. The van der Waals surface area contributed by atoms with Crippen molar-refractivity contribution in [1.29, 1.82) is 0 Å². The van der Waals surface area contributed by atoms with Crippen molar-refractivity contribution in [3.63, 3.8) is 0 Å². The fraction of sp³-hybridized carbons (Fsp3) is 0.385. The zero-order valence-electron chi connectivity index (χ0n) is 10.4. The molecule has 0 saturated carbocycles. The molecule has 1 N–H and O–H groups in total. The molecule has 0 radical (unpaired) electrons. The second-order valence-electron chi connectivity index (χ2n) is 4.95. The molecule has 0 unspecified atom stereocenters. The number of pyridine rings is 1. The molecule has 2 aromatic heterocycles. The topological polar surface area (TPSA) is 37.8 Å². The van der Waals surface area contributed by atoms with Crippen molar-refractivity contribution in [1.82, 2.24) is 15.3 Å². The van der Waals surface area contributed by atoms with Gasteiger partial charge in [0.1, 0.15) is 5.01 Å². The number of hydrogen-bond donors (Lipinski definition) is 1. The van der Waals surface area contributed by atoms with E-state index in [9.17, 15) is 0 Å². The third kappa shape index (κ3) is 3.61. The summed E-state index contributed by atoms with van der Waals surface area (Å²) in [7, 11) is 0. The number of rotatable bonds is 3. The van der Waals surface area contributed by atoms with Gasteiger partial charge in [-0.1, -0.05) is 6.07 Å². The number of aromatic nitrogens is 2. The molecule has 4 heteroatoms. The largest absolute Gasteiger partial charge is 0.307 e. The lowest BCUT2D eigenvalue weighted by Gasteiger charge is -2.19. The van der Waals surface area contributed by atoms with Crippen molar-refractivity contribution in [3.8, 4) is 10.7 Å². The van der Waals surface area contributed by atoms with E-state index >= 15 is 0 Å². The summed E-state index contributed by atoms with van der Waals surface area (Å²) in [5, 5.41) is 4.44. The minimum absolute atomic E-state index is 0.134. The lowest BCUT2D eigenvalue weighted by Crippen LogP contribution is -2.34. The van der Waals surface area contributed by atoms with Gasteiger partial charge in [-0.05, 0) is 32.9 Å². The third-order valence-corrected chi connectivity index (χ3v) is 3.25. The number of thiazole rings is 1. The first-order valence-electron chi connectivity index (χ1n) is 5.66. The quantitative estimate of drug-likeness (QED) is 0.905. The van der Waals surface area contributed by atoms with Crippen LogP contribution in [-0.4, -0.2) is 15.5 Å². The van der Waals surface area contributed by atoms with Gasteiger partial charge in [-0.25, -0.2) is 4.98 Å². The minimum atomic E-state index is 0.134. The average Bonchev–Trinajstić information content (AvgIpc) is 2.75. The first kappa shape index (κ1) is 12.2. The van der Waals surface area contributed by atoms with Crippen LogP contribution in [0.4, 0.5) is 0 Å². The third-order valence-electron chi connectivity index (χ3n) is 2.23. The maximum absolute atomic E-state index is 4.40. The summed E-state index contributed by atoms with van der Waals surface area (Å²) in [4.78, 5) is 9.94. The summed E-state index contributed by atoms with van der Waals surface area (Å²) in [6.45, 7) is 7.34. The average molecular weight is 247 g/mol. The molecule has 0 fully saturated rings. The summed E-state index contributed by atoms with van der Waals surface area (Å²) < 4.78 is 0. The summed E-state index contributed by atoms with van der Waals surface area (Å²) in [6, 6.07) is 5.88. The zero-order valence-corrected chi connectivity index (χ0v) is 11.2. The lowest BCUT2D eigenvalue weighted by atomic mass is 10.1. The Morgan fingerprint density at radius 2 is 2.06 bits per heavy atom. The van der Waals surface area contributed by atoms with Crippen LogP contribution in [0.3, 0.4) is 0 Å². The maximum Gasteiger partial charge on any atom is 0.142 e. The van der Waals surface area contributed by atoms with Crippen LogP contribution in [0.1, 0.15) is 25.6 Å². The van der Waals surface area contributed by atoms with E-state index in [1.807, 2.05) is 24.4 Å². The van der Waals surface area contributed by atoms with Gasteiger partial charge in [0, 0.05) is 29.4 Å². The van der Waals surface area contributed by atoms with Gasteiger partial charge in [0.2, 0.25) is 0 Å². The van der Waals surface area contributed by atoms with Gasteiger partial charge in [-0.3, -0.25) is 4.98 Å². The fourth-order valence-electron chi connectivity index (χ4n) is 1.35. The van der Waals surface area contributed by atoms with Crippen molar-refractivity contribution in [3.05, 3.63) is 35.5 Å². The lowest BCUT2D eigenvalue weighted by molar-refractivity contribution is 0.426. The highest BCUT2D eigenvalue weighted by Crippen LogP contribution is 2.23. The predicted octanol–water partition coefficient (Wildman–Crippen LogP) is 3.09. The highest BCUT2D eigenvalue weighted by molar-refractivity contribution is 7.14. The van der Waals surface area contributed by atoms with E-state index in [4.69, 9.17) is 0 Å². The molecule has 0 bridgehead atoms. The first-order valence-corrected chi connectivity index (χ1v) is 6.47. The Balaban J connectivity index is 2.07. The molecule has 0 aliphatic rings. The van der Waals surface area contributed by atoms with Gasteiger partial charge in [0.05, 0.1) is 5.69 Å². The molecule has 90 valence electrons. The molecule has 0 amide bonds. The van der Waals surface area contributed by atoms with Gasteiger partial charge in [0.25, 0.3) is 0 Å². The van der Waals surface area contributed by atoms with Crippen molar-refractivity contribution in [2.45, 2.75) is 32.9 Å². The van der Waals surface area contributed by atoms with Crippen molar-refractivity contribution in [2.75, 3.05) is 0 Å². The van der Waals surface area contributed by atoms with E-state index in [-0.39, 0.29) is 5.54 Å². The summed E-state index contributed by atoms with van der Waals surface area (Å²) in [5.41, 5.74) is 1.08. The summed E-state index contributed by atoms with van der Waals surface area (Å²) in [5.74, 6) is 0. The Bertz CT molecular complexity index is 471. The fourth-order valence-corrected chi connectivity index (χ4v) is 2.18. The molecule has 2 rings (SSSR count). The van der Waals surface area contributed by atoms with Crippen LogP contribution in [0.2, 0.25) is 0 Å². The molecular formula is C13H17N3S. The SMILES string of the molecule is CC(C)(C)NCc1cnc(-c2ccccn2)s1.